The zero-order chi connectivity index (χ0) is 20.4. The predicted octanol–water partition coefficient (Wildman–Crippen LogP) is 3.98. The van der Waals surface area contributed by atoms with Crippen molar-refractivity contribution in [2.24, 2.45) is 0 Å². The number of methoxy groups -OCH3 is 2. The topological polar surface area (TPSA) is 78.4 Å². The molecule has 0 fully saturated rings. The van der Waals surface area contributed by atoms with Crippen LogP contribution in [0.4, 0.5) is 0 Å². The molecule has 0 radical (unpaired) electrons. The van der Waals surface area contributed by atoms with E-state index in [9.17, 15) is 9.59 Å². The lowest BCUT2D eigenvalue weighted by molar-refractivity contribution is 0.0591. The van der Waals surface area contributed by atoms with E-state index < -0.39 is 5.97 Å². The summed E-state index contributed by atoms with van der Waals surface area (Å²) in [7, 11) is 2.69. The molecule has 6 nitrogen and oxygen atoms in total. The second-order valence-corrected chi connectivity index (χ2v) is 5.94. The van der Waals surface area contributed by atoms with Crippen LogP contribution in [0.5, 0.6) is 0 Å². The number of hydrogen-bond donors (Lipinski definition) is 0. The van der Waals surface area contributed by atoms with Crippen LogP contribution >= 0.6 is 11.6 Å². The number of halogens is 1. The van der Waals surface area contributed by atoms with Crippen LogP contribution in [0.25, 0.3) is 0 Å². The molecule has 2 aromatic heterocycles. The van der Waals surface area contributed by atoms with Gasteiger partial charge in [-0.2, -0.15) is 0 Å². The molecule has 0 aliphatic heterocycles. The molecule has 0 bridgehead atoms. The third kappa shape index (κ3) is 6.48. The highest BCUT2D eigenvalue weighted by Crippen LogP contribution is 2.10. The summed E-state index contributed by atoms with van der Waals surface area (Å²) in [6, 6.07) is 16.4. The molecule has 0 saturated carbocycles. The van der Waals surface area contributed by atoms with Gasteiger partial charge < -0.3 is 9.47 Å². The summed E-state index contributed by atoms with van der Waals surface area (Å²) in [5, 5.41) is 0.285. The van der Waals surface area contributed by atoms with Crippen LogP contribution in [0.1, 0.15) is 32.0 Å². The van der Waals surface area contributed by atoms with Crippen molar-refractivity contribution in [2.45, 2.75) is 6.42 Å². The first-order valence-electron chi connectivity index (χ1n) is 8.30. The van der Waals surface area contributed by atoms with Crippen molar-refractivity contribution in [3.63, 3.8) is 0 Å². The van der Waals surface area contributed by atoms with Gasteiger partial charge in [0.25, 0.3) is 0 Å². The Labute approximate surface area is 168 Å². The Morgan fingerprint density at radius 1 is 0.857 bits per heavy atom. The average Bonchev–Trinajstić information content (AvgIpc) is 2.74. The van der Waals surface area contributed by atoms with E-state index in [2.05, 4.69) is 19.4 Å². The molecule has 28 heavy (non-hydrogen) atoms. The lowest BCUT2D eigenvalue weighted by Gasteiger charge is -2.03. The van der Waals surface area contributed by atoms with Crippen LogP contribution in [-0.2, 0) is 15.9 Å². The molecule has 0 atom stereocenters. The largest absolute Gasteiger partial charge is 0.465 e. The number of benzene rings is 1. The molecule has 0 aliphatic rings. The predicted molar refractivity (Wildman–Crippen MR) is 105 cm³/mol. The zero-order valence-corrected chi connectivity index (χ0v) is 16.2. The minimum absolute atomic E-state index is 0.285. The highest BCUT2D eigenvalue weighted by molar-refractivity contribution is 6.29. The summed E-state index contributed by atoms with van der Waals surface area (Å²) in [6.07, 6.45) is 3.80. The molecule has 2 heterocycles. The molecule has 0 amide bonds. The Bertz CT molecular complexity index is 932. The number of pyridine rings is 2. The SMILES string of the molecule is COC(=O)c1ccnc(Cc2ccccc2)c1.COC(=O)c1ccnc(Cl)c1. The van der Waals surface area contributed by atoms with E-state index in [1.165, 1.54) is 38.1 Å². The number of carbonyl (C=O) groups is 2. The van der Waals surface area contributed by atoms with Crippen molar-refractivity contribution in [1.29, 1.82) is 0 Å². The molecule has 0 spiro atoms. The van der Waals surface area contributed by atoms with Gasteiger partial charge in [0.2, 0.25) is 0 Å². The lowest BCUT2D eigenvalue weighted by Crippen LogP contribution is -2.03. The third-order valence-electron chi connectivity index (χ3n) is 3.61. The summed E-state index contributed by atoms with van der Waals surface area (Å²) < 4.78 is 9.14. The Morgan fingerprint density at radius 2 is 1.43 bits per heavy atom. The van der Waals surface area contributed by atoms with Crippen LogP contribution in [0.2, 0.25) is 5.15 Å². The molecule has 0 saturated heterocycles. The van der Waals surface area contributed by atoms with E-state index in [4.69, 9.17) is 11.6 Å². The number of ether oxygens (including phenoxy) is 2. The monoisotopic (exact) mass is 398 g/mol. The van der Waals surface area contributed by atoms with Crippen molar-refractivity contribution in [2.75, 3.05) is 14.2 Å². The van der Waals surface area contributed by atoms with Gasteiger partial charge in [-0.3, -0.25) is 4.98 Å². The van der Waals surface area contributed by atoms with Crippen molar-refractivity contribution in [3.8, 4) is 0 Å². The van der Waals surface area contributed by atoms with E-state index in [1.54, 1.807) is 18.3 Å². The minimum atomic E-state index is -0.408. The van der Waals surface area contributed by atoms with Crippen LogP contribution in [-0.4, -0.2) is 36.1 Å². The number of esters is 2. The maximum Gasteiger partial charge on any atom is 0.338 e. The van der Waals surface area contributed by atoms with Crippen molar-refractivity contribution in [1.82, 2.24) is 9.97 Å². The van der Waals surface area contributed by atoms with Gasteiger partial charge in [0.1, 0.15) is 5.15 Å². The highest BCUT2D eigenvalue weighted by Gasteiger charge is 2.06. The maximum atomic E-state index is 11.4. The molecule has 0 aliphatic carbocycles. The first kappa shape index (κ1) is 21.1. The minimum Gasteiger partial charge on any atom is -0.465 e. The zero-order valence-electron chi connectivity index (χ0n) is 15.5. The Balaban J connectivity index is 0.000000221. The van der Waals surface area contributed by atoms with Gasteiger partial charge in [-0.05, 0) is 29.8 Å². The van der Waals surface area contributed by atoms with Crippen LogP contribution in [0.3, 0.4) is 0 Å². The second kappa shape index (κ2) is 10.8. The summed E-state index contributed by atoms with van der Waals surface area (Å²) >= 11 is 5.53. The number of aromatic nitrogens is 2. The van der Waals surface area contributed by atoms with Crippen LogP contribution in [0, 0.1) is 0 Å². The quantitative estimate of drug-likeness (QED) is 0.488. The number of nitrogens with zero attached hydrogens (tertiary/aromatic N) is 2. The fourth-order valence-electron chi connectivity index (χ4n) is 2.27. The lowest BCUT2D eigenvalue weighted by atomic mass is 10.1. The smallest absolute Gasteiger partial charge is 0.338 e. The summed E-state index contributed by atoms with van der Waals surface area (Å²) in [6.45, 7) is 0. The fourth-order valence-corrected chi connectivity index (χ4v) is 2.45. The van der Waals surface area contributed by atoms with Crippen molar-refractivity contribution >= 4 is 23.5 Å². The molecular formula is C21H19ClN2O4. The summed E-state index contributed by atoms with van der Waals surface area (Å²) in [5.41, 5.74) is 2.97. The van der Waals surface area contributed by atoms with Gasteiger partial charge in [0, 0.05) is 24.5 Å². The van der Waals surface area contributed by atoms with Crippen LogP contribution in [0.15, 0.2) is 67.0 Å². The highest BCUT2D eigenvalue weighted by atomic mass is 35.5. The Hall–Kier alpha value is -3.25. The fraction of sp³-hybridized carbons (Fsp3) is 0.143. The van der Waals surface area contributed by atoms with E-state index >= 15 is 0 Å². The molecular weight excluding hydrogens is 380 g/mol. The van der Waals surface area contributed by atoms with E-state index in [1.807, 2.05) is 30.3 Å². The van der Waals surface area contributed by atoms with E-state index in [0.29, 0.717) is 17.5 Å². The molecule has 7 heteroatoms. The van der Waals surface area contributed by atoms with Gasteiger partial charge in [0.15, 0.2) is 0 Å². The normalized spacial score (nSPS) is 9.68. The van der Waals surface area contributed by atoms with Gasteiger partial charge >= 0.3 is 11.9 Å². The maximum absolute atomic E-state index is 11.4. The standard InChI is InChI=1S/C14H13NO2.C7H6ClNO2/c1-17-14(16)12-7-8-15-13(10-12)9-11-5-3-2-4-6-11;1-11-7(10)5-2-3-9-6(8)4-5/h2-8,10H,9H2,1H3;2-4H,1H3. The molecule has 3 aromatic rings. The summed E-state index contributed by atoms with van der Waals surface area (Å²) in [5.74, 6) is -0.740. The third-order valence-corrected chi connectivity index (χ3v) is 3.82. The second-order valence-electron chi connectivity index (χ2n) is 5.55. The van der Waals surface area contributed by atoms with Gasteiger partial charge in [-0.25, -0.2) is 14.6 Å². The first-order chi connectivity index (χ1) is 13.5. The Morgan fingerprint density at radius 3 is 2.00 bits per heavy atom. The van der Waals surface area contributed by atoms with Gasteiger partial charge in [-0.1, -0.05) is 41.9 Å². The van der Waals surface area contributed by atoms with E-state index in [0.717, 1.165) is 5.69 Å². The van der Waals surface area contributed by atoms with Gasteiger partial charge in [-0.15, -0.1) is 0 Å². The Kier molecular flexibility index (Phi) is 8.11. The first-order valence-corrected chi connectivity index (χ1v) is 8.68. The molecule has 144 valence electrons. The average molecular weight is 399 g/mol. The molecule has 0 N–H and O–H groups in total. The number of carbonyl (C=O) groups excluding carboxylic acids is 2. The van der Waals surface area contributed by atoms with Crippen molar-refractivity contribution < 1.29 is 19.1 Å². The molecule has 3 rings (SSSR count). The van der Waals surface area contributed by atoms with Crippen molar-refractivity contribution in [3.05, 3.63) is 94.5 Å². The number of hydrogen-bond acceptors (Lipinski definition) is 6. The van der Waals surface area contributed by atoms with Crippen LogP contribution < -0.4 is 0 Å². The molecule has 1 aromatic carbocycles. The summed E-state index contributed by atoms with van der Waals surface area (Å²) in [4.78, 5) is 30.2. The number of rotatable bonds is 4. The van der Waals surface area contributed by atoms with Gasteiger partial charge in [0.05, 0.1) is 25.3 Å². The molecule has 0 unspecified atom stereocenters. The van der Waals surface area contributed by atoms with E-state index in [-0.39, 0.29) is 11.1 Å².